The zero-order valence-corrected chi connectivity index (χ0v) is 11.1. The molecule has 1 aromatic carbocycles. The van der Waals surface area contributed by atoms with Crippen LogP contribution in [0, 0.1) is 11.6 Å². The van der Waals surface area contributed by atoms with E-state index in [1.54, 1.807) is 0 Å². The molecule has 0 saturated heterocycles. The van der Waals surface area contributed by atoms with E-state index in [4.69, 9.17) is 0 Å². The van der Waals surface area contributed by atoms with E-state index in [0.29, 0.717) is 12.1 Å². The average molecular weight is 243 g/mol. The van der Waals surface area contributed by atoms with Gasteiger partial charge in [0.05, 0.1) is 8.07 Å². The minimum Gasteiger partial charge on any atom is -0.315 e. The molecular formula is C12H19F2NSi. The third-order valence-electron chi connectivity index (χ3n) is 2.89. The second kappa shape index (κ2) is 5.55. The summed E-state index contributed by atoms with van der Waals surface area (Å²) in [5.74, 6) is -0.993. The van der Waals surface area contributed by atoms with Gasteiger partial charge in [-0.05, 0) is 12.2 Å². The minimum atomic E-state index is -1.17. The lowest BCUT2D eigenvalue weighted by Crippen LogP contribution is -2.38. The monoisotopic (exact) mass is 243 g/mol. The molecule has 0 spiro atoms. The molecule has 4 heteroatoms. The Hall–Kier alpha value is -0.743. The van der Waals surface area contributed by atoms with Crippen LogP contribution in [0.4, 0.5) is 8.78 Å². The van der Waals surface area contributed by atoms with Crippen LogP contribution in [-0.2, 0) is 6.54 Å². The summed E-state index contributed by atoms with van der Waals surface area (Å²) in [7, 11) is -1.17. The van der Waals surface area contributed by atoms with E-state index in [-0.39, 0.29) is 0 Å². The Labute approximate surface area is 96.9 Å². The van der Waals surface area contributed by atoms with Crippen molar-refractivity contribution in [1.29, 1.82) is 0 Å². The Balaban J connectivity index is 2.49. The Morgan fingerprint density at radius 2 is 1.94 bits per heavy atom. The quantitative estimate of drug-likeness (QED) is 0.782. The predicted octanol–water partition coefficient (Wildman–Crippen LogP) is 3.32. The van der Waals surface area contributed by atoms with Crippen molar-refractivity contribution in [2.75, 3.05) is 6.17 Å². The van der Waals surface area contributed by atoms with E-state index in [1.165, 1.54) is 18.2 Å². The van der Waals surface area contributed by atoms with Crippen molar-refractivity contribution in [3.8, 4) is 0 Å². The molecule has 0 radical (unpaired) electrons. The van der Waals surface area contributed by atoms with Gasteiger partial charge in [-0.3, -0.25) is 0 Å². The first-order valence-corrected chi connectivity index (χ1v) is 9.01. The first kappa shape index (κ1) is 13.3. The van der Waals surface area contributed by atoms with Crippen LogP contribution < -0.4 is 5.32 Å². The Bertz CT molecular complexity index is 353. The first-order chi connectivity index (χ1) is 7.44. The summed E-state index contributed by atoms with van der Waals surface area (Å²) in [4.78, 5) is 0. The van der Waals surface area contributed by atoms with Crippen molar-refractivity contribution >= 4 is 8.07 Å². The fraction of sp³-hybridized carbons (Fsp3) is 0.500. The highest BCUT2D eigenvalue weighted by atomic mass is 28.3. The first-order valence-electron chi connectivity index (χ1n) is 5.59. The van der Waals surface area contributed by atoms with Crippen LogP contribution in [-0.4, -0.2) is 14.2 Å². The number of rotatable bonds is 5. The van der Waals surface area contributed by atoms with E-state index in [0.717, 1.165) is 12.2 Å². The van der Waals surface area contributed by atoms with E-state index in [2.05, 4.69) is 25.3 Å². The lowest BCUT2D eigenvalue weighted by atomic mass is 10.2. The molecule has 0 aliphatic rings. The second-order valence-electron chi connectivity index (χ2n) is 4.86. The van der Waals surface area contributed by atoms with Crippen molar-refractivity contribution in [2.45, 2.75) is 32.6 Å². The summed E-state index contributed by atoms with van der Waals surface area (Å²) in [6.07, 6.45) is 0.959. The highest BCUT2D eigenvalue weighted by Gasteiger charge is 2.17. The number of hydrogen-bond donors (Lipinski definition) is 1. The van der Waals surface area contributed by atoms with Gasteiger partial charge >= 0.3 is 0 Å². The van der Waals surface area contributed by atoms with Gasteiger partial charge in [0, 0.05) is 18.2 Å². The molecule has 0 aliphatic carbocycles. The van der Waals surface area contributed by atoms with Gasteiger partial charge in [0.1, 0.15) is 11.6 Å². The standard InChI is InChI=1S/C12H19F2NSi/c1-4-16(2,3)9-15-8-10-5-6-11(13)7-12(10)14/h5-7,15H,4,8-9H2,1-3H3. The van der Waals surface area contributed by atoms with Gasteiger partial charge in [-0.25, -0.2) is 8.78 Å². The van der Waals surface area contributed by atoms with Crippen molar-refractivity contribution in [3.05, 3.63) is 35.4 Å². The number of hydrogen-bond acceptors (Lipinski definition) is 1. The molecule has 1 N–H and O–H groups in total. The van der Waals surface area contributed by atoms with E-state index in [9.17, 15) is 8.78 Å². The minimum absolute atomic E-state index is 0.469. The highest BCUT2D eigenvalue weighted by molar-refractivity contribution is 6.77. The van der Waals surface area contributed by atoms with Gasteiger partial charge in [-0.15, -0.1) is 0 Å². The molecule has 0 heterocycles. The van der Waals surface area contributed by atoms with Crippen LogP contribution in [0.5, 0.6) is 0 Å². The molecule has 0 bridgehead atoms. The molecule has 0 amide bonds. The number of benzene rings is 1. The lowest BCUT2D eigenvalue weighted by molar-refractivity contribution is 0.565. The maximum absolute atomic E-state index is 13.3. The zero-order valence-electron chi connectivity index (χ0n) is 10.1. The normalized spacial score (nSPS) is 11.8. The van der Waals surface area contributed by atoms with E-state index in [1.807, 2.05) is 0 Å². The van der Waals surface area contributed by atoms with Crippen LogP contribution in [0.3, 0.4) is 0 Å². The average Bonchev–Trinajstić information content (AvgIpc) is 2.21. The summed E-state index contributed by atoms with van der Waals surface area (Å²) >= 11 is 0. The van der Waals surface area contributed by atoms with Gasteiger partial charge in [0.25, 0.3) is 0 Å². The van der Waals surface area contributed by atoms with Crippen molar-refractivity contribution in [1.82, 2.24) is 5.32 Å². The molecule has 1 rings (SSSR count). The third-order valence-corrected chi connectivity index (χ3v) is 6.01. The molecule has 0 fully saturated rings. The Kier molecular flexibility index (Phi) is 4.62. The molecule has 0 saturated carbocycles. The summed E-state index contributed by atoms with van der Waals surface area (Å²) in [5, 5.41) is 3.25. The van der Waals surface area contributed by atoms with Gasteiger partial charge in [-0.1, -0.05) is 32.1 Å². The molecule has 0 aromatic heterocycles. The number of nitrogens with one attached hydrogen (secondary N) is 1. The Morgan fingerprint density at radius 1 is 1.25 bits per heavy atom. The molecule has 16 heavy (non-hydrogen) atoms. The summed E-state index contributed by atoms with van der Waals surface area (Å²) in [6, 6.07) is 4.92. The van der Waals surface area contributed by atoms with Crippen LogP contribution in [0.25, 0.3) is 0 Å². The largest absolute Gasteiger partial charge is 0.315 e. The van der Waals surface area contributed by atoms with Crippen LogP contribution in [0.1, 0.15) is 12.5 Å². The Morgan fingerprint density at radius 3 is 2.50 bits per heavy atom. The predicted molar refractivity (Wildman–Crippen MR) is 66.0 cm³/mol. The van der Waals surface area contributed by atoms with Crippen molar-refractivity contribution in [2.24, 2.45) is 0 Å². The van der Waals surface area contributed by atoms with E-state index < -0.39 is 19.7 Å². The van der Waals surface area contributed by atoms with Gasteiger partial charge < -0.3 is 5.32 Å². The van der Waals surface area contributed by atoms with Crippen LogP contribution in [0.2, 0.25) is 19.1 Å². The maximum Gasteiger partial charge on any atom is 0.130 e. The second-order valence-corrected chi connectivity index (χ2v) is 10.2. The molecule has 0 unspecified atom stereocenters. The van der Waals surface area contributed by atoms with Gasteiger partial charge in [0.2, 0.25) is 0 Å². The molecule has 0 aliphatic heterocycles. The molecule has 1 nitrogen and oxygen atoms in total. The summed E-state index contributed by atoms with van der Waals surface area (Å²) in [5.41, 5.74) is 0.530. The van der Waals surface area contributed by atoms with Crippen molar-refractivity contribution < 1.29 is 8.78 Å². The maximum atomic E-state index is 13.3. The highest BCUT2D eigenvalue weighted by Crippen LogP contribution is 2.10. The van der Waals surface area contributed by atoms with Crippen LogP contribution in [0.15, 0.2) is 18.2 Å². The van der Waals surface area contributed by atoms with E-state index >= 15 is 0 Å². The molecule has 0 atom stereocenters. The zero-order chi connectivity index (χ0) is 12.2. The lowest BCUT2D eigenvalue weighted by Gasteiger charge is -2.20. The smallest absolute Gasteiger partial charge is 0.130 e. The SMILES string of the molecule is CC[Si](C)(C)CNCc1ccc(F)cc1F. The third kappa shape index (κ3) is 4.02. The van der Waals surface area contributed by atoms with Crippen molar-refractivity contribution in [3.63, 3.8) is 0 Å². The molecule has 1 aromatic rings. The van der Waals surface area contributed by atoms with Gasteiger partial charge in [0.15, 0.2) is 0 Å². The fourth-order valence-corrected chi connectivity index (χ4v) is 2.38. The fourth-order valence-electron chi connectivity index (χ4n) is 1.33. The molecule has 90 valence electrons. The topological polar surface area (TPSA) is 12.0 Å². The summed E-state index contributed by atoms with van der Waals surface area (Å²) in [6.45, 7) is 7.25. The van der Waals surface area contributed by atoms with Crippen LogP contribution >= 0.6 is 0 Å². The van der Waals surface area contributed by atoms with Gasteiger partial charge in [-0.2, -0.15) is 0 Å². The summed E-state index contributed by atoms with van der Waals surface area (Å²) < 4.78 is 25.9. The molecular weight excluding hydrogens is 224 g/mol. The number of halogens is 2.